The van der Waals surface area contributed by atoms with E-state index < -0.39 is 10.9 Å². The molecule has 27 heavy (non-hydrogen) atoms. The zero-order valence-corrected chi connectivity index (χ0v) is 14.4. The van der Waals surface area contributed by atoms with Gasteiger partial charge in [-0.2, -0.15) is 0 Å². The van der Waals surface area contributed by atoms with Crippen molar-refractivity contribution in [3.05, 3.63) is 105 Å². The maximum absolute atomic E-state index is 12.4. The molecule has 134 valence electrons. The summed E-state index contributed by atoms with van der Waals surface area (Å²) in [6.07, 6.45) is 0. The average molecular weight is 361 g/mol. The van der Waals surface area contributed by atoms with Gasteiger partial charge in [0.2, 0.25) is 0 Å². The van der Waals surface area contributed by atoms with E-state index in [0.717, 1.165) is 0 Å². The first-order chi connectivity index (χ1) is 13.0. The van der Waals surface area contributed by atoms with Crippen LogP contribution in [-0.4, -0.2) is 16.7 Å². The van der Waals surface area contributed by atoms with Crippen molar-refractivity contribution in [2.24, 2.45) is 0 Å². The third-order valence-corrected chi connectivity index (χ3v) is 4.00. The Kier molecular flexibility index (Phi) is 5.08. The molecule has 0 aliphatic rings. The summed E-state index contributed by atoms with van der Waals surface area (Å²) >= 11 is 0. The van der Waals surface area contributed by atoms with Gasteiger partial charge >= 0.3 is 5.97 Å². The zero-order chi connectivity index (χ0) is 19.4. The van der Waals surface area contributed by atoms with E-state index in [1.54, 1.807) is 55.5 Å². The number of rotatable bonds is 5. The van der Waals surface area contributed by atoms with Gasteiger partial charge in [-0.1, -0.05) is 42.5 Å². The third kappa shape index (κ3) is 3.90. The quantitative estimate of drug-likeness (QED) is 0.222. The molecule has 0 saturated heterocycles. The lowest BCUT2D eigenvalue weighted by Gasteiger charge is -2.07. The molecule has 0 saturated carbocycles. The summed E-state index contributed by atoms with van der Waals surface area (Å²) in [7, 11) is 0. The van der Waals surface area contributed by atoms with Crippen molar-refractivity contribution in [3.63, 3.8) is 0 Å². The number of carbonyl (C=O) groups is 2. The van der Waals surface area contributed by atoms with Crippen LogP contribution < -0.4 is 4.74 Å². The van der Waals surface area contributed by atoms with Crippen LogP contribution >= 0.6 is 0 Å². The fourth-order valence-corrected chi connectivity index (χ4v) is 2.66. The number of nitro benzene ring substituents is 1. The highest BCUT2D eigenvalue weighted by Gasteiger charge is 2.24. The first-order valence-electron chi connectivity index (χ1n) is 8.13. The van der Waals surface area contributed by atoms with Gasteiger partial charge in [-0.25, -0.2) is 4.79 Å². The zero-order valence-electron chi connectivity index (χ0n) is 14.4. The Bertz CT molecular complexity index is 1010. The normalized spacial score (nSPS) is 10.3. The average Bonchev–Trinajstić information content (AvgIpc) is 2.68. The predicted octanol–water partition coefficient (Wildman–Crippen LogP) is 4.35. The molecular formula is C21H15NO5. The summed E-state index contributed by atoms with van der Waals surface area (Å²) in [4.78, 5) is 35.3. The molecule has 6 heteroatoms. The first-order valence-corrected chi connectivity index (χ1v) is 8.13. The lowest BCUT2D eigenvalue weighted by molar-refractivity contribution is -0.385. The van der Waals surface area contributed by atoms with Crippen molar-refractivity contribution in [2.75, 3.05) is 0 Å². The third-order valence-electron chi connectivity index (χ3n) is 4.00. The minimum absolute atomic E-state index is 0.121. The van der Waals surface area contributed by atoms with E-state index in [0.29, 0.717) is 16.7 Å². The van der Waals surface area contributed by atoms with Gasteiger partial charge in [0, 0.05) is 16.7 Å². The summed E-state index contributed by atoms with van der Waals surface area (Å²) < 4.78 is 5.23. The molecule has 0 aliphatic heterocycles. The molecule has 0 unspecified atom stereocenters. The molecule has 0 fully saturated rings. The molecule has 6 nitrogen and oxygen atoms in total. The van der Waals surface area contributed by atoms with E-state index in [1.165, 1.54) is 18.2 Å². The Labute approximate surface area is 155 Å². The van der Waals surface area contributed by atoms with E-state index >= 15 is 0 Å². The smallest absolute Gasteiger partial charge is 0.350 e. The number of ketones is 1. The highest BCUT2D eigenvalue weighted by Crippen LogP contribution is 2.25. The second-order valence-corrected chi connectivity index (χ2v) is 5.84. The minimum Gasteiger partial charge on any atom is -0.423 e. The molecular weight excluding hydrogens is 346 g/mol. The molecule has 3 aromatic rings. The van der Waals surface area contributed by atoms with Crippen LogP contribution in [0.5, 0.6) is 5.75 Å². The van der Waals surface area contributed by atoms with Crippen LogP contribution in [0, 0.1) is 17.0 Å². The maximum atomic E-state index is 12.4. The second kappa shape index (κ2) is 7.61. The lowest BCUT2D eigenvalue weighted by atomic mass is 10.0. The fourth-order valence-electron chi connectivity index (χ4n) is 2.66. The molecule has 0 heterocycles. The first kappa shape index (κ1) is 18.0. The molecule has 3 aromatic carbocycles. The van der Waals surface area contributed by atoms with Crippen molar-refractivity contribution in [2.45, 2.75) is 6.92 Å². The number of nitro groups is 1. The monoisotopic (exact) mass is 361 g/mol. The maximum Gasteiger partial charge on any atom is 0.350 e. The van der Waals surface area contributed by atoms with Crippen LogP contribution in [0.15, 0.2) is 72.8 Å². The van der Waals surface area contributed by atoms with Gasteiger partial charge in [-0.15, -0.1) is 0 Å². The lowest BCUT2D eigenvalue weighted by Crippen LogP contribution is -2.12. The van der Waals surface area contributed by atoms with Crippen molar-refractivity contribution in [1.82, 2.24) is 0 Å². The van der Waals surface area contributed by atoms with Crippen molar-refractivity contribution >= 4 is 17.4 Å². The SMILES string of the molecule is Cc1cccc(C(=O)Oc2ccc(C(=O)c3ccccc3)cc2)c1[N+](=O)[O-]. The van der Waals surface area contributed by atoms with Crippen LogP contribution in [0.3, 0.4) is 0 Å². The Morgan fingerprint density at radius 1 is 0.852 bits per heavy atom. The topological polar surface area (TPSA) is 86.5 Å². The van der Waals surface area contributed by atoms with Gasteiger partial charge in [0.05, 0.1) is 4.92 Å². The molecule has 0 bridgehead atoms. The van der Waals surface area contributed by atoms with Crippen LogP contribution in [0.25, 0.3) is 0 Å². The number of ether oxygens (including phenoxy) is 1. The van der Waals surface area contributed by atoms with Gasteiger partial charge in [0.1, 0.15) is 11.3 Å². The van der Waals surface area contributed by atoms with Crippen molar-refractivity contribution in [1.29, 1.82) is 0 Å². The Morgan fingerprint density at radius 2 is 1.48 bits per heavy atom. The predicted molar refractivity (Wildman–Crippen MR) is 99.1 cm³/mol. The number of carbonyl (C=O) groups excluding carboxylic acids is 2. The number of nitrogens with zero attached hydrogens (tertiary/aromatic N) is 1. The number of aryl methyl sites for hydroxylation is 1. The van der Waals surface area contributed by atoms with Gasteiger partial charge < -0.3 is 4.74 Å². The highest BCUT2D eigenvalue weighted by molar-refractivity contribution is 6.09. The Balaban J connectivity index is 1.80. The van der Waals surface area contributed by atoms with E-state index in [9.17, 15) is 19.7 Å². The van der Waals surface area contributed by atoms with Crippen LogP contribution in [-0.2, 0) is 0 Å². The van der Waals surface area contributed by atoms with Gasteiger partial charge in [0.15, 0.2) is 5.78 Å². The van der Waals surface area contributed by atoms with E-state index in [4.69, 9.17) is 4.74 Å². The minimum atomic E-state index is -0.826. The van der Waals surface area contributed by atoms with Gasteiger partial charge in [0.25, 0.3) is 5.69 Å². The standard InChI is InChI=1S/C21H15NO5/c1-14-6-5-9-18(19(14)22(25)26)21(24)27-17-12-10-16(11-13-17)20(23)15-7-3-2-4-8-15/h2-13H,1H3. The molecule has 0 aliphatic carbocycles. The molecule has 0 N–H and O–H groups in total. The molecule has 3 rings (SSSR count). The van der Waals surface area contributed by atoms with Crippen LogP contribution in [0.1, 0.15) is 31.8 Å². The second-order valence-electron chi connectivity index (χ2n) is 5.84. The fraction of sp³-hybridized carbons (Fsp3) is 0.0476. The Hall–Kier alpha value is -3.80. The molecule has 0 aromatic heterocycles. The van der Waals surface area contributed by atoms with Crippen LogP contribution in [0.2, 0.25) is 0 Å². The highest BCUT2D eigenvalue weighted by atomic mass is 16.6. The van der Waals surface area contributed by atoms with Crippen LogP contribution in [0.4, 0.5) is 5.69 Å². The van der Waals surface area contributed by atoms with Crippen molar-refractivity contribution < 1.29 is 19.2 Å². The van der Waals surface area contributed by atoms with Crippen molar-refractivity contribution in [3.8, 4) is 5.75 Å². The number of esters is 1. The summed E-state index contributed by atoms with van der Waals surface area (Å²) in [5.74, 6) is -0.782. The number of para-hydroxylation sites is 1. The van der Waals surface area contributed by atoms with Gasteiger partial charge in [-0.3, -0.25) is 14.9 Å². The summed E-state index contributed by atoms with van der Waals surface area (Å²) in [6, 6.07) is 19.3. The van der Waals surface area contributed by atoms with E-state index in [-0.39, 0.29) is 22.8 Å². The molecule has 0 amide bonds. The number of benzene rings is 3. The summed E-state index contributed by atoms with van der Waals surface area (Å²) in [6.45, 7) is 1.55. The van der Waals surface area contributed by atoms with E-state index in [2.05, 4.69) is 0 Å². The summed E-state index contributed by atoms with van der Waals surface area (Å²) in [5.41, 5.74) is 0.973. The molecule has 0 spiro atoms. The van der Waals surface area contributed by atoms with Gasteiger partial charge in [-0.05, 0) is 37.3 Å². The Morgan fingerprint density at radius 3 is 2.11 bits per heavy atom. The van der Waals surface area contributed by atoms with E-state index in [1.807, 2.05) is 6.07 Å². The number of hydrogen-bond donors (Lipinski definition) is 0. The number of hydrogen-bond acceptors (Lipinski definition) is 5. The largest absolute Gasteiger partial charge is 0.423 e. The molecule has 0 atom stereocenters. The molecule has 0 radical (unpaired) electrons. The summed E-state index contributed by atoms with van der Waals surface area (Å²) in [5, 5.41) is 11.2.